The maximum absolute atomic E-state index is 8.85. The largest absolute Gasteiger partial charge is 0.307 e. The predicted molar refractivity (Wildman–Crippen MR) is 78.9 cm³/mol. The Bertz CT molecular complexity index is 502. The van der Waals surface area contributed by atoms with Gasteiger partial charge in [0.25, 0.3) is 0 Å². The molecule has 0 atom stereocenters. The van der Waals surface area contributed by atoms with Gasteiger partial charge >= 0.3 is 0 Å². The van der Waals surface area contributed by atoms with Crippen LogP contribution in [0.25, 0.3) is 0 Å². The summed E-state index contributed by atoms with van der Waals surface area (Å²) >= 11 is 0. The van der Waals surface area contributed by atoms with E-state index in [0.29, 0.717) is 5.54 Å². The van der Waals surface area contributed by atoms with Crippen molar-refractivity contribution >= 4 is 0 Å². The van der Waals surface area contributed by atoms with Gasteiger partial charge in [-0.2, -0.15) is 5.26 Å². The van der Waals surface area contributed by atoms with Crippen molar-refractivity contribution in [2.24, 2.45) is 17.8 Å². The Hall–Kier alpha value is -1.33. The number of nitrogens with zero attached hydrogens (tertiary/aromatic N) is 1. The van der Waals surface area contributed by atoms with Gasteiger partial charge < -0.3 is 5.32 Å². The number of nitriles is 1. The van der Waals surface area contributed by atoms with E-state index >= 15 is 0 Å². The standard InChI is InChI=1S/C18H22N2/c19-11-13-1-3-14(4-2-13)12-20-18-8-15-5-16(9-18)7-17(6-15)10-18/h1-4,15-17,20H,5-10,12H2. The third-order valence-electron chi connectivity index (χ3n) is 5.79. The van der Waals surface area contributed by atoms with Crippen LogP contribution in [-0.4, -0.2) is 5.54 Å². The van der Waals surface area contributed by atoms with Crippen LogP contribution in [0.1, 0.15) is 49.7 Å². The summed E-state index contributed by atoms with van der Waals surface area (Å²) in [5.74, 6) is 2.99. The molecule has 0 saturated heterocycles. The Morgan fingerprint density at radius 3 is 2.05 bits per heavy atom. The van der Waals surface area contributed by atoms with Crippen LogP contribution >= 0.6 is 0 Å². The summed E-state index contributed by atoms with van der Waals surface area (Å²) in [7, 11) is 0. The van der Waals surface area contributed by atoms with Crippen LogP contribution in [-0.2, 0) is 6.54 Å². The summed E-state index contributed by atoms with van der Waals surface area (Å²) in [6, 6.07) is 10.2. The number of benzene rings is 1. The molecule has 20 heavy (non-hydrogen) atoms. The molecule has 2 nitrogen and oxygen atoms in total. The second kappa shape index (κ2) is 4.60. The van der Waals surface area contributed by atoms with Crippen LogP contribution in [0.4, 0.5) is 0 Å². The second-order valence-corrected chi connectivity index (χ2v) is 7.36. The molecule has 0 unspecified atom stereocenters. The zero-order chi connectivity index (χ0) is 13.6. The van der Waals surface area contributed by atoms with Gasteiger partial charge in [-0.05, 0) is 74.0 Å². The summed E-state index contributed by atoms with van der Waals surface area (Å²) in [4.78, 5) is 0. The first-order valence-corrected chi connectivity index (χ1v) is 7.99. The minimum atomic E-state index is 0.433. The summed E-state index contributed by atoms with van der Waals surface area (Å²) in [5.41, 5.74) is 2.49. The van der Waals surface area contributed by atoms with Crippen LogP contribution in [0.2, 0.25) is 0 Å². The average molecular weight is 266 g/mol. The van der Waals surface area contributed by atoms with E-state index in [-0.39, 0.29) is 0 Å². The van der Waals surface area contributed by atoms with Crippen molar-refractivity contribution in [3.63, 3.8) is 0 Å². The van der Waals surface area contributed by atoms with E-state index in [9.17, 15) is 0 Å². The Balaban J connectivity index is 1.45. The second-order valence-electron chi connectivity index (χ2n) is 7.36. The van der Waals surface area contributed by atoms with Crippen molar-refractivity contribution in [3.8, 4) is 6.07 Å². The number of nitrogens with one attached hydrogen (secondary N) is 1. The fraction of sp³-hybridized carbons (Fsp3) is 0.611. The Kier molecular flexibility index (Phi) is 2.86. The maximum Gasteiger partial charge on any atom is 0.0991 e. The molecule has 2 heteroatoms. The molecule has 104 valence electrons. The van der Waals surface area contributed by atoms with E-state index in [2.05, 4.69) is 23.5 Å². The highest BCUT2D eigenvalue weighted by Gasteiger charge is 2.50. The van der Waals surface area contributed by atoms with Crippen LogP contribution in [0.5, 0.6) is 0 Å². The van der Waals surface area contributed by atoms with Crippen LogP contribution in [0.3, 0.4) is 0 Å². The van der Waals surface area contributed by atoms with Gasteiger partial charge in [-0.25, -0.2) is 0 Å². The normalized spacial score (nSPS) is 37.9. The number of hydrogen-bond donors (Lipinski definition) is 1. The monoisotopic (exact) mass is 266 g/mol. The molecule has 5 rings (SSSR count). The third kappa shape index (κ3) is 2.15. The lowest BCUT2D eigenvalue weighted by atomic mass is 9.53. The predicted octanol–water partition coefficient (Wildman–Crippen LogP) is 3.62. The van der Waals surface area contributed by atoms with Crippen LogP contribution in [0, 0.1) is 29.1 Å². The van der Waals surface area contributed by atoms with Crippen LogP contribution < -0.4 is 5.32 Å². The molecule has 4 fully saturated rings. The smallest absolute Gasteiger partial charge is 0.0991 e. The molecular formula is C18H22N2. The van der Waals surface area contributed by atoms with Gasteiger partial charge in [-0.3, -0.25) is 0 Å². The van der Waals surface area contributed by atoms with Gasteiger partial charge in [0.1, 0.15) is 0 Å². The van der Waals surface area contributed by atoms with Crippen molar-refractivity contribution in [2.75, 3.05) is 0 Å². The molecule has 4 saturated carbocycles. The average Bonchev–Trinajstić information content (AvgIpc) is 2.44. The minimum absolute atomic E-state index is 0.433. The van der Waals surface area contributed by atoms with E-state index in [1.807, 2.05) is 12.1 Å². The molecule has 0 radical (unpaired) electrons. The van der Waals surface area contributed by atoms with Gasteiger partial charge in [0.15, 0.2) is 0 Å². The van der Waals surface area contributed by atoms with E-state index in [1.165, 1.54) is 44.1 Å². The first-order chi connectivity index (χ1) is 9.75. The molecule has 1 N–H and O–H groups in total. The summed E-state index contributed by atoms with van der Waals surface area (Å²) in [5, 5.41) is 12.7. The Morgan fingerprint density at radius 1 is 1.00 bits per heavy atom. The molecule has 4 aliphatic rings. The van der Waals surface area contributed by atoms with E-state index in [0.717, 1.165) is 29.9 Å². The minimum Gasteiger partial charge on any atom is -0.307 e. The third-order valence-corrected chi connectivity index (χ3v) is 5.79. The SMILES string of the molecule is N#Cc1ccc(CNC23CC4CC(CC(C4)C2)C3)cc1. The van der Waals surface area contributed by atoms with E-state index < -0.39 is 0 Å². The summed E-state index contributed by atoms with van der Waals surface area (Å²) in [6.45, 7) is 0.956. The zero-order valence-electron chi connectivity index (χ0n) is 11.9. The highest BCUT2D eigenvalue weighted by molar-refractivity contribution is 5.31. The Labute approximate surface area is 121 Å². The first kappa shape index (κ1) is 12.4. The van der Waals surface area contributed by atoms with Gasteiger partial charge in [0.05, 0.1) is 11.6 Å². The maximum atomic E-state index is 8.85. The topological polar surface area (TPSA) is 35.8 Å². The molecule has 4 bridgehead atoms. The van der Waals surface area contributed by atoms with Gasteiger partial charge in [-0.1, -0.05) is 12.1 Å². The highest BCUT2D eigenvalue weighted by Crippen LogP contribution is 2.55. The number of rotatable bonds is 3. The highest BCUT2D eigenvalue weighted by atomic mass is 15.0. The fourth-order valence-corrected chi connectivity index (χ4v) is 5.31. The molecule has 4 aliphatic carbocycles. The quantitative estimate of drug-likeness (QED) is 0.907. The fourth-order valence-electron chi connectivity index (χ4n) is 5.31. The lowest BCUT2D eigenvalue weighted by molar-refractivity contribution is -0.0206. The molecule has 0 aliphatic heterocycles. The Morgan fingerprint density at radius 2 is 1.55 bits per heavy atom. The van der Waals surface area contributed by atoms with Gasteiger partial charge in [0, 0.05) is 12.1 Å². The summed E-state index contributed by atoms with van der Waals surface area (Å²) < 4.78 is 0. The number of hydrogen-bond acceptors (Lipinski definition) is 2. The molecule has 0 aromatic heterocycles. The molecule has 0 heterocycles. The summed E-state index contributed by atoms with van der Waals surface area (Å²) in [6.07, 6.45) is 8.69. The lowest BCUT2D eigenvalue weighted by Gasteiger charge is -2.57. The molecule has 0 amide bonds. The van der Waals surface area contributed by atoms with Gasteiger partial charge in [-0.15, -0.1) is 0 Å². The molecule has 1 aromatic rings. The van der Waals surface area contributed by atoms with Crippen molar-refractivity contribution < 1.29 is 0 Å². The van der Waals surface area contributed by atoms with E-state index in [1.54, 1.807) is 0 Å². The first-order valence-electron chi connectivity index (χ1n) is 7.99. The van der Waals surface area contributed by atoms with Crippen molar-refractivity contribution in [3.05, 3.63) is 35.4 Å². The van der Waals surface area contributed by atoms with Crippen molar-refractivity contribution in [1.29, 1.82) is 5.26 Å². The van der Waals surface area contributed by atoms with Crippen molar-refractivity contribution in [2.45, 2.75) is 50.6 Å². The molecule has 0 spiro atoms. The zero-order valence-corrected chi connectivity index (χ0v) is 11.9. The van der Waals surface area contributed by atoms with Gasteiger partial charge in [0.2, 0.25) is 0 Å². The van der Waals surface area contributed by atoms with E-state index in [4.69, 9.17) is 5.26 Å². The van der Waals surface area contributed by atoms with Crippen LogP contribution in [0.15, 0.2) is 24.3 Å². The molecule has 1 aromatic carbocycles. The van der Waals surface area contributed by atoms with Crippen molar-refractivity contribution in [1.82, 2.24) is 5.32 Å². The lowest BCUT2D eigenvalue weighted by Crippen LogP contribution is -2.58. The molecular weight excluding hydrogens is 244 g/mol.